The predicted octanol–water partition coefficient (Wildman–Crippen LogP) is 3.28. The van der Waals surface area contributed by atoms with Gasteiger partial charge in [0, 0.05) is 23.1 Å². The minimum atomic E-state index is 0.165. The zero-order valence-corrected chi connectivity index (χ0v) is 13.3. The van der Waals surface area contributed by atoms with Crippen LogP contribution >= 0.6 is 11.8 Å². The summed E-state index contributed by atoms with van der Waals surface area (Å²) in [5.41, 5.74) is 3.70. The molecule has 21 heavy (non-hydrogen) atoms. The molecule has 0 aliphatic heterocycles. The number of fused-ring (bicyclic) bond motifs is 1. The second-order valence-electron chi connectivity index (χ2n) is 5.83. The molecule has 3 rings (SSSR count). The first-order valence-electron chi connectivity index (χ1n) is 7.64. The van der Waals surface area contributed by atoms with E-state index in [0.717, 1.165) is 18.1 Å². The van der Waals surface area contributed by atoms with Crippen LogP contribution in [0.15, 0.2) is 24.3 Å². The Balaban J connectivity index is 1.47. The van der Waals surface area contributed by atoms with E-state index >= 15 is 0 Å². The highest BCUT2D eigenvalue weighted by molar-refractivity contribution is 7.99. The summed E-state index contributed by atoms with van der Waals surface area (Å²) in [6.07, 6.45) is 3.60. The highest BCUT2D eigenvalue weighted by Gasteiger charge is 2.21. The topological polar surface area (TPSA) is 44.9 Å². The third-order valence-corrected chi connectivity index (χ3v) is 5.18. The quantitative estimate of drug-likeness (QED) is 0.824. The molecule has 0 saturated heterocycles. The zero-order valence-electron chi connectivity index (χ0n) is 12.4. The summed E-state index contributed by atoms with van der Waals surface area (Å²) in [7, 11) is 0. The fourth-order valence-electron chi connectivity index (χ4n) is 2.64. The first-order chi connectivity index (χ1) is 10.2. The highest BCUT2D eigenvalue weighted by atomic mass is 32.2. The van der Waals surface area contributed by atoms with Crippen molar-refractivity contribution in [3.63, 3.8) is 0 Å². The molecule has 1 fully saturated rings. The van der Waals surface area contributed by atoms with E-state index in [1.807, 2.05) is 6.07 Å². The molecule has 3 nitrogen and oxygen atoms in total. The number of H-pyrrole nitrogens is 1. The van der Waals surface area contributed by atoms with Gasteiger partial charge in [0.2, 0.25) is 5.91 Å². The van der Waals surface area contributed by atoms with Crippen LogP contribution in [0.3, 0.4) is 0 Å². The number of para-hydroxylation sites is 1. The number of aryl methyl sites for hydroxylation is 1. The molecule has 1 aromatic carbocycles. The van der Waals surface area contributed by atoms with E-state index in [0.29, 0.717) is 12.3 Å². The van der Waals surface area contributed by atoms with Gasteiger partial charge in [-0.15, -0.1) is 0 Å². The summed E-state index contributed by atoms with van der Waals surface area (Å²) in [6, 6.07) is 8.34. The fourth-order valence-corrected chi connectivity index (χ4v) is 3.71. The van der Waals surface area contributed by atoms with Crippen molar-refractivity contribution in [2.45, 2.75) is 26.2 Å². The second-order valence-corrected chi connectivity index (χ2v) is 6.86. The predicted molar refractivity (Wildman–Crippen MR) is 89.8 cm³/mol. The summed E-state index contributed by atoms with van der Waals surface area (Å²) in [5.74, 6) is 2.80. The van der Waals surface area contributed by atoms with E-state index < -0.39 is 0 Å². The van der Waals surface area contributed by atoms with Crippen molar-refractivity contribution in [2.75, 3.05) is 18.1 Å². The van der Waals surface area contributed by atoms with Gasteiger partial charge in [-0.05, 0) is 49.5 Å². The second kappa shape index (κ2) is 6.56. The van der Waals surface area contributed by atoms with E-state index in [1.54, 1.807) is 11.8 Å². The largest absolute Gasteiger partial charge is 0.358 e. The van der Waals surface area contributed by atoms with Gasteiger partial charge in [-0.1, -0.05) is 18.2 Å². The Hall–Kier alpha value is -1.42. The van der Waals surface area contributed by atoms with Gasteiger partial charge >= 0.3 is 0 Å². The lowest BCUT2D eigenvalue weighted by atomic mass is 10.1. The van der Waals surface area contributed by atoms with E-state index in [4.69, 9.17) is 0 Å². The van der Waals surface area contributed by atoms with Gasteiger partial charge in [0.1, 0.15) is 0 Å². The van der Waals surface area contributed by atoms with E-state index in [1.165, 1.54) is 35.0 Å². The standard InChI is InChI=1S/C17H22N2OS/c1-12-14(15-4-2-3-5-16(15)19-12)8-9-18-17(20)11-21-10-13-6-7-13/h2-5,13,19H,6-11H2,1H3,(H,18,20). The van der Waals surface area contributed by atoms with Crippen LogP contribution < -0.4 is 5.32 Å². The highest BCUT2D eigenvalue weighted by Crippen LogP contribution is 2.32. The monoisotopic (exact) mass is 302 g/mol. The van der Waals surface area contributed by atoms with Crippen LogP contribution in [0.1, 0.15) is 24.1 Å². The van der Waals surface area contributed by atoms with Crippen LogP contribution in [0.4, 0.5) is 0 Å². The normalized spacial score (nSPS) is 14.5. The van der Waals surface area contributed by atoms with Gasteiger partial charge in [-0.3, -0.25) is 4.79 Å². The molecular weight excluding hydrogens is 280 g/mol. The van der Waals surface area contributed by atoms with E-state index in [2.05, 4.69) is 35.4 Å². The summed E-state index contributed by atoms with van der Waals surface area (Å²) in [5, 5.41) is 4.30. The number of hydrogen-bond donors (Lipinski definition) is 2. The Morgan fingerprint density at radius 2 is 2.19 bits per heavy atom. The van der Waals surface area contributed by atoms with Crippen molar-refractivity contribution >= 4 is 28.6 Å². The number of aromatic amines is 1. The van der Waals surface area contributed by atoms with Crippen molar-refractivity contribution in [3.05, 3.63) is 35.5 Å². The van der Waals surface area contributed by atoms with Gasteiger partial charge in [-0.25, -0.2) is 0 Å². The number of carbonyl (C=O) groups excluding carboxylic acids is 1. The molecule has 2 aromatic rings. The average Bonchev–Trinajstić information content (AvgIpc) is 3.23. The Morgan fingerprint density at radius 1 is 1.38 bits per heavy atom. The number of benzene rings is 1. The molecule has 1 heterocycles. The molecule has 1 aromatic heterocycles. The number of nitrogens with one attached hydrogen (secondary N) is 2. The van der Waals surface area contributed by atoms with Crippen LogP contribution in [0.25, 0.3) is 10.9 Å². The van der Waals surface area contributed by atoms with Gasteiger partial charge in [0.05, 0.1) is 5.75 Å². The van der Waals surface area contributed by atoms with Crippen LogP contribution in [0.5, 0.6) is 0 Å². The van der Waals surface area contributed by atoms with Gasteiger partial charge in [-0.2, -0.15) is 11.8 Å². The lowest BCUT2D eigenvalue weighted by Gasteiger charge is -2.05. The number of thioether (sulfide) groups is 1. The molecule has 1 aliphatic rings. The molecule has 0 atom stereocenters. The van der Waals surface area contributed by atoms with E-state index in [-0.39, 0.29) is 5.91 Å². The van der Waals surface area contributed by atoms with Crippen LogP contribution in [0.2, 0.25) is 0 Å². The lowest BCUT2D eigenvalue weighted by molar-refractivity contribution is -0.118. The molecule has 1 amide bonds. The Bertz CT molecular complexity index is 631. The molecule has 0 radical (unpaired) electrons. The minimum Gasteiger partial charge on any atom is -0.358 e. The third kappa shape index (κ3) is 3.82. The summed E-state index contributed by atoms with van der Waals surface area (Å²) >= 11 is 1.77. The van der Waals surface area contributed by atoms with Crippen molar-refractivity contribution in [1.82, 2.24) is 10.3 Å². The molecule has 0 bridgehead atoms. The lowest BCUT2D eigenvalue weighted by Crippen LogP contribution is -2.27. The molecule has 2 N–H and O–H groups in total. The molecular formula is C17H22N2OS. The first-order valence-corrected chi connectivity index (χ1v) is 8.80. The van der Waals surface area contributed by atoms with Crippen molar-refractivity contribution in [1.29, 1.82) is 0 Å². The number of hydrogen-bond acceptors (Lipinski definition) is 2. The molecule has 4 heteroatoms. The summed E-state index contributed by atoms with van der Waals surface area (Å²) < 4.78 is 0. The maximum atomic E-state index is 11.8. The maximum absolute atomic E-state index is 11.8. The molecule has 0 spiro atoms. The molecule has 0 unspecified atom stereocenters. The maximum Gasteiger partial charge on any atom is 0.230 e. The molecule has 112 valence electrons. The van der Waals surface area contributed by atoms with Crippen LogP contribution in [0, 0.1) is 12.8 Å². The van der Waals surface area contributed by atoms with Crippen molar-refractivity contribution in [2.24, 2.45) is 5.92 Å². The summed E-state index contributed by atoms with van der Waals surface area (Å²) in [4.78, 5) is 15.2. The fraction of sp³-hybridized carbons (Fsp3) is 0.471. The van der Waals surface area contributed by atoms with Gasteiger partial charge in [0.15, 0.2) is 0 Å². The number of carbonyl (C=O) groups is 1. The van der Waals surface area contributed by atoms with Crippen LogP contribution in [-0.4, -0.2) is 28.9 Å². The summed E-state index contributed by atoms with van der Waals surface area (Å²) in [6.45, 7) is 2.81. The smallest absolute Gasteiger partial charge is 0.230 e. The number of rotatable bonds is 7. The van der Waals surface area contributed by atoms with Gasteiger partial charge < -0.3 is 10.3 Å². The number of amides is 1. The molecule has 1 saturated carbocycles. The van der Waals surface area contributed by atoms with Gasteiger partial charge in [0.25, 0.3) is 0 Å². The van der Waals surface area contributed by atoms with Crippen molar-refractivity contribution in [3.8, 4) is 0 Å². The zero-order chi connectivity index (χ0) is 14.7. The molecule has 1 aliphatic carbocycles. The Labute approximate surface area is 129 Å². The van der Waals surface area contributed by atoms with E-state index in [9.17, 15) is 4.79 Å². The average molecular weight is 302 g/mol. The third-order valence-electron chi connectivity index (χ3n) is 4.01. The van der Waals surface area contributed by atoms with Crippen LogP contribution in [-0.2, 0) is 11.2 Å². The SMILES string of the molecule is Cc1[nH]c2ccccc2c1CCNC(=O)CSCC1CC1. The minimum absolute atomic E-state index is 0.165. The first kappa shape index (κ1) is 14.5. The Kier molecular flexibility index (Phi) is 4.54. The number of aromatic nitrogens is 1. The van der Waals surface area contributed by atoms with Crippen molar-refractivity contribution < 1.29 is 4.79 Å². The Morgan fingerprint density at radius 3 is 3.00 bits per heavy atom.